The Labute approximate surface area is 159 Å². The smallest absolute Gasteiger partial charge is 0.354 e. The number of rotatable bonds is 7. The van der Waals surface area contributed by atoms with Gasteiger partial charge in [0, 0.05) is 23.8 Å². The molecule has 0 saturated carbocycles. The Hall–Kier alpha value is -3.27. The van der Waals surface area contributed by atoms with Crippen LogP contribution in [0, 0.1) is 6.92 Å². The molecule has 1 aromatic carbocycles. The molecule has 6 N–H and O–H groups in total. The summed E-state index contributed by atoms with van der Waals surface area (Å²) in [5.74, 6) is -3.42. The van der Waals surface area contributed by atoms with Gasteiger partial charge in [0.15, 0.2) is 5.96 Å². The molecule has 2 heterocycles. The highest BCUT2D eigenvalue weighted by Crippen LogP contribution is 2.15. The molecule has 0 radical (unpaired) electrons. The van der Waals surface area contributed by atoms with E-state index < -0.39 is 24.7 Å². The Morgan fingerprint density at radius 2 is 2.04 bits per heavy atom. The maximum atomic E-state index is 13.6. The van der Waals surface area contributed by atoms with Gasteiger partial charge in [-0.1, -0.05) is 12.1 Å². The molecule has 0 aliphatic rings. The van der Waals surface area contributed by atoms with Crippen molar-refractivity contribution in [1.29, 1.82) is 0 Å². The van der Waals surface area contributed by atoms with Crippen LogP contribution >= 0.6 is 0 Å². The number of benzene rings is 1. The Kier molecular flexibility index (Phi) is 5.41. The lowest BCUT2D eigenvalue weighted by Crippen LogP contribution is -2.36. The minimum Gasteiger partial charge on any atom is -0.370 e. The Morgan fingerprint density at radius 1 is 1.32 bits per heavy atom. The van der Waals surface area contributed by atoms with Crippen molar-refractivity contribution in [2.75, 3.05) is 13.1 Å². The molecule has 0 saturated heterocycles. The number of hydrogen-bond donors (Lipinski definition) is 4. The topological polar surface area (TPSA) is 127 Å². The van der Waals surface area contributed by atoms with Gasteiger partial charge in [-0.2, -0.15) is 4.98 Å². The largest absolute Gasteiger partial charge is 0.370 e. The second kappa shape index (κ2) is 7.77. The monoisotopic (exact) mass is 389 g/mol. The molecule has 28 heavy (non-hydrogen) atoms. The molecule has 0 aliphatic heterocycles. The van der Waals surface area contributed by atoms with Crippen LogP contribution < -0.4 is 22.5 Å². The zero-order chi connectivity index (χ0) is 20.3. The summed E-state index contributed by atoms with van der Waals surface area (Å²) < 4.78 is 28.7. The van der Waals surface area contributed by atoms with Crippen LogP contribution in [0.3, 0.4) is 0 Å². The molecule has 10 heteroatoms. The third kappa shape index (κ3) is 4.71. The number of aromatic amines is 1. The summed E-state index contributed by atoms with van der Waals surface area (Å²) in [4.78, 5) is 22.6. The predicted octanol–water partition coefficient (Wildman–Crippen LogP) is 1.02. The number of halogens is 2. The molecule has 148 valence electrons. The summed E-state index contributed by atoms with van der Waals surface area (Å²) in [5, 5.41) is 3.50. The summed E-state index contributed by atoms with van der Waals surface area (Å²) in [6.07, 6.45) is 1.71. The number of alkyl halides is 2. The molecule has 2 aromatic heterocycles. The zero-order valence-corrected chi connectivity index (χ0v) is 15.2. The van der Waals surface area contributed by atoms with E-state index in [-0.39, 0.29) is 12.5 Å². The minimum absolute atomic E-state index is 0.237. The fourth-order valence-corrected chi connectivity index (χ4v) is 2.74. The molecule has 0 atom stereocenters. The lowest BCUT2D eigenvalue weighted by Gasteiger charge is -2.15. The van der Waals surface area contributed by atoms with Gasteiger partial charge in [-0.25, -0.2) is 18.6 Å². The predicted molar refractivity (Wildman–Crippen MR) is 104 cm³/mol. The average Bonchev–Trinajstić information content (AvgIpc) is 2.99. The fraction of sp³-hybridized carbons (Fsp3) is 0.278. The molecule has 0 unspecified atom stereocenters. The average molecular weight is 389 g/mol. The van der Waals surface area contributed by atoms with Crippen molar-refractivity contribution >= 4 is 17.0 Å². The first-order valence-electron chi connectivity index (χ1n) is 8.56. The second-order valence-electron chi connectivity index (χ2n) is 6.52. The van der Waals surface area contributed by atoms with Gasteiger partial charge in [0.2, 0.25) is 0 Å². The van der Waals surface area contributed by atoms with E-state index in [1.165, 1.54) is 4.57 Å². The van der Waals surface area contributed by atoms with Gasteiger partial charge in [0.25, 0.3) is 5.92 Å². The number of aromatic nitrogens is 3. The molecular weight excluding hydrogens is 368 g/mol. The van der Waals surface area contributed by atoms with E-state index in [0.29, 0.717) is 11.3 Å². The molecular formula is C18H21F2N7O. The first-order chi connectivity index (χ1) is 13.2. The quantitative estimate of drug-likeness (QED) is 0.354. The van der Waals surface area contributed by atoms with Crippen molar-refractivity contribution in [3.05, 3.63) is 58.3 Å². The third-order valence-electron chi connectivity index (χ3n) is 4.06. The van der Waals surface area contributed by atoms with Gasteiger partial charge < -0.3 is 21.8 Å². The van der Waals surface area contributed by atoms with Crippen molar-refractivity contribution < 1.29 is 8.78 Å². The van der Waals surface area contributed by atoms with Crippen LogP contribution in [0.2, 0.25) is 0 Å². The maximum Gasteiger partial charge on any atom is 0.354 e. The van der Waals surface area contributed by atoms with Crippen LogP contribution in [-0.2, 0) is 6.54 Å². The van der Waals surface area contributed by atoms with E-state index in [1.807, 2.05) is 13.0 Å². The summed E-state index contributed by atoms with van der Waals surface area (Å²) in [6.45, 7) is 0.802. The number of H-pyrrole nitrogens is 1. The SMILES string of the molecule is Cc1cc2cn(-c3ccc(CNCC(F)(F)CN=C(N)N)cc3)c(=O)nc2[nH]1. The van der Waals surface area contributed by atoms with Gasteiger partial charge in [-0.3, -0.25) is 4.57 Å². The highest BCUT2D eigenvalue weighted by Gasteiger charge is 2.27. The van der Waals surface area contributed by atoms with Crippen molar-refractivity contribution in [2.24, 2.45) is 16.5 Å². The molecule has 3 rings (SSSR count). The van der Waals surface area contributed by atoms with Gasteiger partial charge >= 0.3 is 5.69 Å². The summed E-state index contributed by atoms with van der Waals surface area (Å²) in [5.41, 5.74) is 12.6. The number of nitrogens with zero attached hydrogens (tertiary/aromatic N) is 3. The summed E-state index contributed by atoms with van der Waals surface area (Å²) in [7, 11) is 0. The van der Waals surface area contributed by atoms with Crippen LogP contribution in [-0.4, -0.2) is 39.5 Å². The lowest BCUT2D eigenvalue weighted by molar-refractivity contribution is 0.0120. The Morgan fingerprint density at radius 3 is 2.71 bits per heavy atom. The molecule has 0 bridgehead atoms. The third-order valence-corrected chi connectivity index (χ3v) is 4.06. The molecule has 0 fully saturated rings. The van der Waals surface area contributed by atoms with E-state index in [4.69, 9.17) is 11.5 Å². The fourth-order valence-electron chi connectivity index (χ4n) is 2.74. The van der Waals surface area contributed by atoms with Gasteiger partial charge in [-0.05, 0) is 30.7 Å². The van der Waals surface area contributed by atoms with Gasteiger partial charge in [0.05, 0.1) is 12.2 Å². The van der Waals surface area contributed by atoms with Crippen LogP contribution in [0.5, 0.6) is 0 Å². The molecule has 0 amide bonds. The number of hydrogen-bond acceptors (Lipinski definition) is 4. The first-order valence-corrected chi connectivity index (χ1v) is 8.56. The van der Waals surface area contributed by atoms with E-state index in [9.17, 15) is 13.6 Å². The highest BCUT2D eigenvalue weighted by atomic mass is 19.3. The van der Waals surface area contributed by atoms with Gasteiger partial charge in [0.1, 0.15) is 12.2 Å². The maximum absolute atomic E-state index is 13.6. The summed E-state index contributed by atoms with van der Waals surface area (Å²) in [6, 6.07) is 8.90. The van der Waals surface area contributed by atoms with Gasteiger partial charge in [-0.15, -0.1) is 0 Å². The van der Waals surface area contributed by atoms with Crippen molar-refractivity contribution in [3.8, 4) is 5.69 Å². The Bertz CT molecular complexity index is 1050. The number of aliphatic imine (C=N–C) groups is 1. The first kappa shape index (κ1) is 19.5. The van der Waals surface area contributed by atoms with E-state index in [0.717, 1.165) is 16.6 Å². The summed E-state index contributed by atoms with van der Waals surface area (Å²) >= 11 is 0. The lowest BCUT2D eigenvalue weighted by atomic mass is 10.2. The number of guanidine groups is 1. The number of aryl methyl sites for hydroxylation is 1. The molecule has 0 aliphatic carbocycles. The molecule has 3 aromatic rings. The number of nitrogens with one attached hydrogen (secondary N) is 2. The van der Waals surface area contributed by atoms with E-state index in [2.05, 4.69) is 20.3 Å². The van der Waals surface area contributed by atoms with Crippen molar-refractivity contribution in [1.82, 2.24) is 19.9 Å². The van der Waals surface area contributed by atoms with E-state index in [1.54, 1.807) is 30.5 Å². The standard InChI is InChI=1S/C18H21F2N7O/c1-11-6-13-8-27(17(28)26-15(13)25-11)14-4-2-12(3-5-14)7-23-9-18(19,20)10-24-16(21)22/h2-6,8,23H,7,9-10H2,1H3,(H4,21,22,24)(H,25,26,28). The normalized spacial score (nSPS) is 11.7. The molecule has 8 nitrogen and oxygen atoms in total. The zero-order valence-electron chi connectivity index (χ0n) is 15.2. The second-order valence-corrected chi connectivity index (χ2v) is 6.52. The van der Waals surface area contributed by atoms with Crippen molar-refractivity contribution in [2.45, 2.75) is 19.4 Å². The highest BCUT2D eigenvalue weighted by molar-refractivity contribution is 5.76. The van der Waals surface area contributed by atoms with Crippen LogP contribution in [0.1, 0.15) is 11.3 Å². The van der Waals surface area contributed by atoms with Crippen LogP contribution in [0.15, 0.2) is 46.3 Å². The molecule has 0 spiro atoms. The van der Waals surface area contributed by atoms with Crippen molar-refractivity contribution in [3.63, 3.8) is 0 Å². The minimum atomic E-state index is -3.05. The van der Waals surface area contributed by atoms with E-state index >= 15 is 0 Å². The van der Waals surface area contributed by atoms with Crippen LogP contribution in [0.25, 0.3) is 16.7 Å². The Balaban J connectivity index is 1.66. The number of fused-ring (bicyclic) bond motifs is 1. The van der Waals surface area contributed by atoms with Crippen LogP contribution in [0.4, 0.5) is 8.78 Å². The number of nitrogens with two attached hydrogens (primary N) is 2.